The summed E-state index contributed by atoms with van der Waals surface area (Å²) in [7, 11) is 3.28. The molecule has 0 saturated carbocycles. The Bertz CT molecular complexity index is 531. The van der Waals surface area contributed by atoms with Crippen molar-refractivity contribution in [1.29, 1.82) is 0 Å². The summed E-state index contributed by atoms with van der Waals surface area (Å²) in [5.41, 5.74) is 1.30. The normalized spacial score (nSPS) is 10.1. The lowest BCUT2D eigenvalue weighted by molar-refractivity contribution is 0.399. The van der Waals surface area contributed by atoms with E-state index < -0.39 is 0 Å². The molecule has 0 spiro atoms. The monoisotopic (exact) mass is 233 g/mol. The second-order valence-electron chi connectivity index (χ2n) is 3.38. The van der Waals surface area contributed by atoms with Crippen LogP contribution in [0.15, 0.2) is 30.5 Å². The third kappa shape index (κ3) is 2.33. The summed E-state index contributed by atoms with van der Waals surface area (Å²) < 4.78 is 18.2. The van der Waals surface area contributed by atoms with Crippen molar-refractivity contribution in [2.75, 3.05) is 19.5 Å². The Kier molecular flexibility index (Phi) is 3.18. The average molecular weight is 233 g/mol. The number of methoxy groups -OCH3 is 1. The number of nitrogens with one attached hydrogen (secondary N) is 1. The van der Waals surface area contributed by atoms with E-state index in [1.54, 1.807) is 25.4 Å². The molecule has 0 fully saturated rings. The number of ether oxygens (including phenoxy) is 1. The van der Waals surface area contributed by atoms with Crippen molar-refractivity contribution in [2.24, 2.45) is 0 Å². The first kappa shape index (κ1) is 11.3. The largest absolute Gasteiger partial charge is 0.479 e. The van der Waals surface area contributed by atoms with E-state index in [1.807, 2.05) is 0 Å². The molecule has 17 heavy (non-hydrogen) atoms. The number of benzene rings is 1. The van der Waals surface area contributed by atoms with E-state index in [-0.39, 0.29) is 5.82 Å². The lowest BCUT2D eigenvalue weighted by Crippen LogP contribution is -1.99. The van der Waals surface area contributed by atoms with Gasteiger partial charge in [-0.05, 0) is 12.1 Å². The molecule has 1 aromatic carbocycles. The van der Waals surface area contributed by atoms with Crippen molar-refractivity contribution in [3.63, 3.8) is 0 Å². The van der Waals surface area contributed by atoms with Gasteiger partial charge in [0, 0.05) is 12.6 Å². The predicted octanol–water partition coefficient (Wildman–Crippen LogP) is 2.33. The molecular weight excluding hydrogens is 221 g/mol. The summed E-state index contributed by atoms with van der Waals surface area (Å²) in [5, 5.41) is 2.91. The van der Waals surface area contributed by atoms with Crippen molar-refractivity contribution in [3.05, 3.63) is 36.3 Å². The van der Waals surface area contributed by atoms with Gasteiger partial charge in [-0.3, -0.25) is 0 Å². The zero-order valence-corrected chi connectivity index (χ0v) is 9.57. The van der Waals surface area contributed by atoms with Gasteiger partial charge in [0.2, 0.25) is 5.88 Å². The highest BCUT2D eigenvalue weighted by Gasteiger charge is 2.08. The van der Waals surface area contributed by atoms with Gasteiger partial charge < -0.3 is 10.1 Å². The maximum atomic E-state index is 13.1. The molecule has 88 valence electrons. The van der Waals surface area contributed by atoms with Crippen LogP contribution in [0, 0.1) is 5.82 Å². The summed E-state index contributed by atoms with van der Waals surface area (Å²) in [6.07, 6.45) is 1.60. The molecule has 0 unspecified atom stereocenters. The van der Waals surface area contributed by atoms with E-state index in [2.05, 4.69) is 15.3 Å². The minimum atomic E-state index is -0.317. The van der Waals surface area contributed by atoms with Gasteiger partial charge in [0.1, 0.15) is 11.5 Å². The van der Waals surface area contributed by atoms with Crippen LogP contribution in [0.3, 0.4) is 0 Å². The van der Waals surface area contributed by atoms with E-state index in [9.17, 15) is 4.39 Å². The fourth-order valence-corrected chi connectivity index (χ4v) is 1.46. The van der Waals surface area contributed by atoms with Crippen molar-refractivity contribution < 1.29 is 9.13 Å². The maximum absolute atomic E-state index is 13.1. The van der Waals surface area contributed by atoms with Gasteiger partial charge in [-0.1, -0.05) is 12.1 Å². The van der Waals surface area contributed by atoms with E-state index >= 15 is 0 Å². The van der Waals surface area contributed by atoms with E-state index in [4.69, 9.17) is 4.74 Å². The SMILES string of the molecule is CNc1cnc(-c2cccc(F)c2)nc1OC. The van der Waals surface area contributed by atoms with Gasteiger partial charge in [0.15, 0.2) is 5.82 Å². The third-order valence-corrected chi connectivity index (χ3v) is 2.30. The van der Waals surface area contributed by atoms with Crippen molar-refractivity contribution >= 4 is 5.69 Å². The van der Waals surface area contributed by atoms with Crippen LogP contribution in [0.5, 0.6) is 5.88 Å². The van der Waals surface area contributed by atoms with Crippen LogP contribution < -0.4 is 10.1 Å². The second kappa shape index (κ2) is 4.78. The molecule has 0 amide bonds. The molecule has 0 bridgehead atoms. The lowest BCUT2D eigenvalue weighted by Gasteiger charge is -2.08. The van der Waals surface area contributed by atoms with E-state index in [0.29, 0.717) is 23.0 Å². The first-order valence-corrected chi connectivity index (χ1v) is 5.09. The van der Waals surface area contributed by atoms with Gasteiger partial charge in [-0.25, -0.2) is 9.37 Å². The summed E-state index contributed by atoms with van der Waals surface area (Å²) in [6, 6.07) is 6.12. The first-order valence-electron chi connectivity index (χ1n) is 5.09. The van der Waals surface area contributed by atoms with Gasteiger partial charge in [0.05, 0.1) is 13.3 Å². The highest BCUT2D eigenvalue weighted by atomic mass is 19.1. The number of anilines is 1. The van der Waals surface area contributed by atoms with Crippen LogP contribution in [0.25, 0.3) is 11.4 Å². The van der Waals surface area contributed by atoms with Gasteiger partial charge in [0.25, 0.3) is 0 Å². The fraction of sp³-hybridized carbons (Fsp3) is 0.167. The highest BCUT2D eigenvalue weighted by Crippen LogP contribution is 2.24. The molecule has 2 rings (SSSR count). The minimum absolute atomic E-state index is 0.317. The Balaban J connectivity index is 2.46. The molecule has 1 heterocycles. The Morgan fingerprint density at radius 2 is 2.18 bits per heavy atom. The Hall–Kier alpha value is -2.17. The predicted molar refractivity (Wildman–Crippen MR) is 63.5 cm³/mol. The maximum Gasteiger partial charge on any atom is 0.240 e. The van der Waals surface area contributed by atoms with Crippen LogP contribution in [-0.4, -0.2) is 24.1 Å². The fourth-order valence-electron chi connectivity index (χ4n) is 1.46. The van der Waals surface area contributed by atoms with E-state index in [1.165, 1.54) is 19.2 Å². The third-order valence-electron chi connectivity index (χ3n) is 2.30. The molecule has 0 saturated heterocycles. The van der Waals surface area contributed by atoms with E-state index in [0.717, 1.165) is 0 Å². The highest BCUT2D eigenvalue weighted by molar-refractivity contribution is 5.59. The van der Waals surface area contributed by atoms with Gasteiger partial charge >= 0.3 is 0 Å². The number of nitrogens with zero attached hydrogens (tertiary/aromatic N) is 2. The summed E-state index contributed by atoms with van der Waals surface area (Å²) in [5.74, 6) is 0.546. The molecular formula is C12H12FN3O. The van der Waals surface area contributed by atoms with Crippen molar-refractivity contribution in [2.45, 2.75) is 0 Å². The second-order valence-corrected chi connectivity index (χ2v) is 3.38. The van der Waals surface area contributed by atoms with Crippen LogP contribution in [0.4, 0.5) is 10.1 Å². The minimum Gasteiger partial charge on any atom is -0.479 e. The van der Waals surface area contributed by atoms with Crippen LogP contribution >= 0.6 is 0 Å². The number of rotatable bonds is 3. The first-order chi connectivity index (χ1) is 8.24. The molecule has 0 aliphatic carbocycles. The topological polar surface area (TPSA) is 47.0 Å². The number of hydrogen-bond donors (Lipinski definition) is 1. The Morgan fingerprint density at radius 3 is 2.82 bits per heavy atom. The average Bonchev–Trinajstić information content (AvgIpc) is 2.38. The molecule has 0 atom stereocenters. The molecule has 0 aliphatic heterocycles. The number of aromatic nitrogens is 2. The summed E-state index contributed by atoms with van der Waals surface area (Å²) in [4.78, 5) is 8.36. The van der Waals surface area contributed by atoms with Crippen LogP contribution in [-0.2, 0) is 0 Å². The molecule has 2 aromatic rings. The zero-order chi connectivity index (χ0) is 12.3. The molecule has 5 heteroatoms. The Morgan fingerprint density at radius 1 is 1.35 bits per heavy atom. The molecule has 0 radical (unpaired) electrons. The smallest absolute Gasteiger partial charge is 0.240 e. The number of halogens is 1. The summed E-state index contributed by atoms with van der Waals surface area (Å²) >= 11 is 0. The Labute approximate surface area is 98.5 Å². The van der Waals surface area contributed by atoms with Gasteiger partial charge in [-0.2, -0.15) is 4.98 Å². The quantitative estimate of drug-likeness (QED) is 0.883. The van der Waals surface area contributed by atoms with Crippen LogP contribution in [0.2, 0.25) is 0 Å². The molecule has 4 nitrogen and oxygen atoms in total. The standard InChI is InChI=1S/C12H12FN3O/c1-14-10-7-15-11(16-12(10)17-2)8-4-3-5-9(13)6-8/h3-7,14H,1-2H3. The lowest BCUT2D eigenvalue weighted by atomic mass is 10.2. The molecule has 1 aromatic heterocycles. The van der Waals surface area contributed by atoms with Crippen molar-refractivity contribution in [1.82, 2.24) is 9.97 Å². The molecule has 1 N–H and O–H groups in total. The zero-order valence-electron chi connectivity index (χ0n) is 9.57. The van der Waals surface area contributed by atoms with Crippen LogP contribution in [0.1, 0.15) is 0 Å². The summed E-state index contributed by atoms with van der Waals surface area (Å²) in [6.45, 7) is 0. The number of hydrogen-bond acceptors (Lipinski definition) is 4. The van der Waals surface area contributed by atoms with Gasteiger partial charge in [-0.15, -0.1) is 0 Å². The molecule has 0 aliphatic rings. The van der Waals surface area contributed by atoms with Crippen molar-refractivity contribution in [3.8, 4) is 17.3 Å².